The monoisotopic (exact) mass is 369 g/mol. The zero-order valence-electron chi connectivity index (χ0n) is 15.3. The lowest BCUT2D eigenvalue weighted by molar-refractivity contribution is -0.134. The van der Waals surface area contributed by atoms with Crippen LogP contribution in [0.15, 0.2) is 42.6 Å². The first-order valence-electron chi connectivity index (χ1n) is 8.88. The van der Waals surface area contributed by atoms with Gasteiger partial charge in [0.2, 0.25) is 5.91 Å². The van der Waals surface area contributed by atoms with Crippen LogP contribution in [0.5, 0.6) is 5.75 Å². The number of carbonyl (C=O) groups is 2. The third-order valence-corrected chi connectivity index (χ3v) is 4.33. The van der Waals surface area contributed by atoms with Gasteiger partial charge in [-0.2, -0.15) is 0 Å². The molecule has 2 heterocycles. The van der Waals surface area contributed by atoms with Crippen LogP contribution in [0.2, 0.25) is 0 Å². The Morgan fingerprint density at radius 3 is 2.93 bits per heavy atom. The van der Waals surface area contributed by atoms with Gasteiger partial charge in [0.1, 0.15) is 5.75 Å². The van der Waals surface area contributed by atoms with E-state index >= 15 is 0 Å². The first kappa shape index (κ1) is 18.8. The number of rotatable bonds is 8. The van der Waals surface area contributed by atoms with Gasteiger partial charge in [-0.05, 0) is 42.3 Å². The molecule has 0 spiro atoms. The molecule has 1 aromatic carbocycles. The topological polar surface area (TPSA) is 80.8 Å². The molecule has 1 aromatic heterocycles. The molecule has 0 saturated heterocycles. The normalized spacial score (nSPS) is 12.9. The van der Waals surface area contributed by atoms with Crippen molar-refractivity contribution in [1.29, 1.82) is 0 Å². The number of pyridine rings is 1. The quantitative estimate of drug-likeness (QED) is 0.770. The minimum Gasteiger partial charge on any atom is -0.484 e. The summed E-state index contributed by atoms with van der Waals surface area (Å²) in [5, 5.41) is 2.83. The van der Waals surface area contributed by atoms with Crippen molar-refractivity contribution in [1.82, 2.24) is 9.88 Å². The molecule has 7 heteroatoms. The molecule has 0 saturated carbocycles. The number of fused-ring (bicyclic) bond motifs is 1. The van der Waals surface area contributed by atoms with Gasteiger partial charge in [0.05, 0.1) is 18.8 Å². The lowest BCUT2D eigenvalue weighted by Gasteiger charge is -2.22. The number of aryl methyl sites for hydroxylation is 1. The molecule has 1 N–H and O–H groups in total. The van der Waals surface area contributed by atoms with Crippen molar-refractivity contribution in [2.45, 2.75) is 19.4 Å². The lowest BCUT2D eigenvalue weighted by Crippen LogP contribution is -2.37. The van der Waals surface area contributed by atoms with Crippen LogP contribution < -0.4 is 10.1 Å². The van der Waals surface area contributed by atoms with Crippen molar-refractivity contribution in [3.05, 3.63) is 53.9 Å². The fourth-order valence-corrected chi connectivity index (χ4v) is 2.87. The molecule has 142 valence electrons. The molecule has 2 amide bonds. The van der Waals surface area contributed by atoms with E-state index in [1.54, 1.807) is 24.3 Å². The van der Waals surface area contributed by atoms with Crippen LogP contribution in [-0.4, -0.2) is 48.6 Å². The Morgan fingerprint density at radius 2 is 2.15 bits per heavy atom. The zero-order chi connectivity index (χ0) is 19.1. The number of nitrogens with one attached hydrogen (secondary N) is 1. The van der Waals surface area contributed by atoms with E-state index in [9.17, 15) is 9.59 Å². The third kappa shape index (κ3) is 5.27. The van der Waals surface area contributed by atoms with Crippen molar-refractivity contribution in [2.75, 3.05) is 32.2 Å². The second-order valence-electron chi connectivity index (χ2n) is 6.28. The number of hydrogen-bond acceptors (Lipinski definition) is 5. The Hall–Kier alpha value is -2.93. The number of benzene rings is 1. The second kappa shape index (κ2) is 9.14. The number of carbonyl (C=O) groups excluding carboxylic acids is 2. The first-order chi connectivity index (χ1) is 13.2. The van der Waals surface area contributed by atoms with Gasteiger partial charge < -0.3 is 19.7 Å². The van der Waals surface area contributed by atoms with Crippen LogP contribution in [0.3, 0.4) is 0 Å². The van der Waals surface area contributed by atoms with Gasteiger partial charge in [0.25, 0.3) is 5.91 Å². The number of hydrogen-bond donors (Lipinski definition) is 1. The minimum absolute atomic E-state index is 0.0228. The summed E-state index contributed by atoms with van der Waals surface area (Å²) in [6.45, 7) is 1.24. The van der Waals surface area contributed by atoms with Gasteiger partial charge in [-0.15, -0.1) is 0 Å². The molecule has 0 fully saturated rings. The molecule has 1 aliphatic heterocycles. The van der Waals surface area contributed by atoms with Gasteiger partial charge in [-0.3, -0.25) is 14.6 Å². The highest BCUT2D eigenvalue weighted by atomic mass is 16.5. The van der Waals surface area contributed by atoms with E-state index in [2.05, 4.69) is 10.3 Å². The highest BCUT2D eigenvalue weighted by molar-refractivity contribution is 5.94. The number of methoxy groups -OCH3 is 1. The molecule has 3 rings (SSSR count). The summed E-state index contributed by atoms with van der Waals surface area (Å²) in [7, 11) is 1.60. The largest absolute Gasteiger partial charge is 0.484 e. The molecule has 0 aliphatic carbocycles. The molecule has 27 heavy (non-hydrogen) atoms. The average molecular weight is 369 g/mol. The summed E-state index contributed by atoms with van der Waals surface area (Å²) in [4.78, 5) is 30.0. The van der Waals surface area contributed by atoms with E-state index in [0.717, 1.165) is 16.9 Å². The van der Waals surface area contributed by atoms with Crippen LogP contribution in [0.1, 0.15) is 17.7 Å². The number of nitrogens with zero attached hydrogens (tertiary/aromatic N) is 2. The number of aromatic nitrogens is 1. The van der Waals surface area contributed by atoms with E-state index in [0.29, 0.717) is 38.3 Å². The van der Waals surface area contributed by atoms with Gasteiger partial charge in [-0.25, -0.2) is 0 Å². The fourth-order valence-electron chi connectivity index (χ4n) is 2.87. The molecule has 7 nitrogen and oxygen atoms in total. The fraction of sp³-hybridized carbons (Fsp3) is 0.350. The van der Waals surface area contributed by atoms with Gasteiger partial charge >= 0.3 is 0 Å². The highest BCUT2D eigenvalue weighted by Crippen LogP contribution is 2.26. The second-order valence-corrected chi connectivity index (χ2v) is 6.28. The van der Waals surface area contributed by atoms with Crippen LogP contribution >= 0.6 is 0 Å². The van der Waals surface area contributed by atoms with Crippen LogP contribution in [0.25, 0.3) is 0 Å². The zero-order valence-corrected chi connectivity index (χ0v) is 15.3. The molecular formula is C20H23N3O4. The maximum atomic E-state index is 12.6. The van der Waals surface area contributed by atoms with Crippen LogP contribution in [0, 0.1) is 0 Å². The highest BCUT2D eigenvalue weighted by Gasteiger charge is 2.17. The molecule has 2 aromatic rings. The molecule has 0 radical (unpaired) electrons. The van der Waals surface area contributed by atoms with E-state index < -0.39 is 0 Å². The number of ether oxygens (including phenoxy) is 2. The summed E-state index contributed by atoms with van der Waals surface area (Å²) >= 11 is 0. The van der Waals surface area contributed by atoms with Crippen molar-refractivity contribution >= 4 is 17.5 Å². The Morgan fingerprint density at radius 1 is 1.26 bits per heavy atom. The summed E-state index contributed by atoms with van der Waals surface area (Å²) in [5.74, 6) is 0.501. The maximum absolute atomic E-state index is 12.6. The smallest absolute Gasteiger partial charge is 0.260 e. The number of amides is 2. The third-order valence-electron chi connectivity index (χ3n) is 4.33. The summed E-state index contributed by atoms with van der Waals surface area (Å²) in [6, 6.07) is 11.1. The summed E-state index contributed by atoms with van der Waals surface area (Å²) < 4.78 is 10.8. The van der Waals surface area contributed by atoms with E-state index in [-0.39, 0.29) is 18.4 Å². The minimum atomic E-state index is -0.135. The Labute approximate surface area is 158 Å². The van der Waals surface area contributed by atoms with Crippen molar-refractivity contribution in [3.63, 3.8) is 0 Å². The Balaban J connectivity index is 1.60. The van der Waals surface area contributed by atoms with Crippen molar-refractivity contribution in [3.8, 4) is 5.75 Å². The molecule has 0 bridgehead atoms. The summed E-state index contributed by atoms with van der Waals surface area (Å²) in [6.07, 6.45) is 2.84. The Bertz CT molecular complexity index is 795. The average Bonchev–Trinajstić information content (AvgIpc) is 2.70. The first-order valence-corrected chi connectivity index (χ1v) is 8.88. The molecular weight excluding hydrogens is 346 g/mol. The lowest BCUT2D eigenvalue weighted by atomic mass is 10.0. The predicted octanol–water partition coefficient (Wildman–Crippen LogP) is 2.02. The number of anilines is 1. The van der Waals surface area contributed by atoms with Crippen molar-refractivity contribution in [2.24, 2.45) is 0 Å². The van der Waals surface area contributed by atoms with E-state index in [1.165, 1.54) is 0 Å². The van der Waals surface area contributed by atoms with Crippen molar-refractivity contribution < 1.29 is 19.1 Å². The van der Waals surface area contributed by atoms with E-state index in [4.69, 9.17) is 9.47 Å². The SMILES string of the molecule is COCCN(Cc1ccccn1)C(=O)COc1ccc2c(c1)CCC(=O)N2. The Kier molecular flexibility index (Phi) is 6.38. The van der Waals surface area contributed by atoms with Gasteiger partial charge in [0, 0.05) is 32.0 Å². The molecule has 0 unspecified atom stereocenters. The van der Waals surface area contributed by atoms with Crippen LogP contribution in [-0.2, 0) is 27.3 Å². The molecule has 0 atom stereocenters. The predicted molar refractivity (Wildman–Crippen MR) is 100 cm³/mol. The van der Waals surface area contributed by atoms with Gasteiger partial charge in [0.15, 0.2) is 6.61 Å². The van der Waals surface area contributed by atoms with Crippen LogP contribution in [0.4, 0.5) is 5.69 Å². The molecule has 1 aliphatic rings. The maximum Gasteiger partial charge on any atom is 0.260 e. The van der Waals surface area contributed by atoms with Gasteiger partial charge in [-0.1, -0.05) is 6.07 Å². The standard InChI is InChI=1S/C20H23N3O4/c1-26-11-10-23(13-16-4-2-3-9-21-16)20(25)14-27-17-6-7-18-15(12-17)5-8-19(24)22-18/h2-4,6-7,9,12H,5,8,10-11,13-14H2,1H3,(H,22,24). The van der Waals surface area contributed by atoms with E-state index in [1.807, 2.05) is 30.3 Å². The summed E-state index contributed by atoms with van der Waals surface area (Å²) in [5.41, 5.74) is 2.64.